The molecule has 2 heterocycles. The van der Waals surface area contributed by atoms with E-state index in [0.29, 0.717) is 10.6 Å². The fraction of sp³-hybridized carbons (Fsp3) is 0.0500. The lowest BCUT2D eigenvalue weighted by atomic mass is 10.2. The number of allylic oxidation sites excluding steroid dienone is 1. The fourth-order valence-corrected chi connectivity index (χ4v) is 5.41. The Morgan fingerprint density at radius 2 is 1.75 bits per heavy atom. The molecule has 0 saturated heterocycles. The SMILES string of the molecule is O=C1C(=CNc2ccccc2F)S(=O)(=O)N(Cc2ccccc2)c2ccsc21. The first-order chi connectivity index (χ1) is 13.5. The zero-order chi connectivity index (χ0) is 19.7. The number of rotatable bonds is 4. The molecule has 5 nitrogen and oxygen atoms in total. The summed E-state index contributed by atoms with van der Waals surface area (Å²) in [6, 6.07) is 16.6. The van der Waals surface area contributed by atoms with E-state index in [-0.39, 0.29) is 12.2 Å². The molecule has 2 aromatic carbocycles. The molecule has 28 heavy (non-hydrogen) atoms. The second-order valence-corrected chi connectivity index (χ2v) is 8.84. The van der Waals surface area contributed by atoms with Crippen molar-refractivity contribution in [2.24, 2.45) is 0 Å². The molecule has 0 spiro atoms. The van der Waals surface area contributed by atoms with Gasteiger partial charge in [-0.25, -0.2) is 12.8 Å². The van der Waals surface area contributed by atoms with E-state index in [2.05, 4.69) is 5.32 Å². The van der Waals surface area contributed by atoms with Crippen LogP contribution in [0, 0.1) is 5.82 Å². The van der Waals surface area contributed by atoms with Crippen molar-refractivity contribution in [1.29, 1.82) is 0 Å². The van der Waals surface area contributed by atoms with Crippen LogP contribution >= 0.6 is 11.3 Å². The molecule has 0 atom stereocenters. The van der Waals surface area contributed by atoms with Gasteiger partial charge in [-0.05, 0) is 29.1 Å². The Labute approximate surface area is 165 Å². The number of carbonyl (C=O) groups excluding carboxylic acids is 1. The maximum absolute atomic E-state index is 13.9. The first-order valence-corrected chi connectivity index (χ1v) is 10.7. The average molecular weight is 414 g/mol. The Bertz CT molecular complexity index is 1170. The average Bonchev–Trinajstić information content (AvgIpc) is 3.17. The Kier molecular flexibility index (Phi) is 4.74. The van der Waals surface area contributed by atoms with Crippen molar-refractivity contribution in [3.8, 4) is 0 Å². The number of thiophene rings is 1. The van der Waals surface area contributed by atoms with Gasteiger partial charge in [0.2, 0.25) is 5.78 Å². The minimum atomic E-state index is -4.11. The summed E-state index contributed by atoms with van der Waals surface area (Å²) in [6.45, 7) is 0.0945. The Morgan fingerprint density at radius 3 is 2.50 bits per heavy atom. The van der Waals surface area contributed by atoms with Crippen LogP contribution in [0.5, 0.6) is 0 Å². The lowest BCUT2D eigenvalue weighted by molar-refractivity contribution is 0.104. The van der Waals surface area contributed by atoms with Crippen molar-refractivity contribution in [3.05, 3.63) is 93.4 Å². The second kappa shape index (κ2) is 7.21. The number of sulfonamides is 1. The number of nitrogens with zero attached hydrogens (tertiary/aromatic N) is 1. The molecule has 8 heteroatoms. The van der Waals surface area contributed by atoms with E-state index in [1.165, 1.54) is 33.8 Å². The quantitative estimate of drug-likeness (QED) is 0.644. The van der Waals surface area contributed by atoms with Gasteiger partial charge in [0.1, 0.15) is 10.7 Å². The summed E-state index contributed by atoms with van der Waals surface area (Å²) >= 11 is 1.18. The highest BCUT2D eigenvalue weighted by Crippen LogP contribution is 2.39. The van der Waals surface area contributed by atoms with E-state index >= 15 is 0 Å². The lowest BCUT2D eigenvalue weighted by Gasteiger charge is -2.29. The molecular formula is C20H15FN2O3S2. The maximum Gasteiger partial charge on any atom is 0.270 e. The predicted molar refractivity (Wildman–Crippen MR) is 108 cm³/mol. The summed E-state index contributed by atoms with van der Waals surface area (Å²) in [5.41, 5.74) is 1.24. The third-order valence-electron chi connectivity index (χ3n) is 4.31. The number of halogens is 1. The third-order valence-corrected chi connectivity index (χ3v) is 6.98. The van der Waals surface area contributed by atoms with Crippen LogP contribution in [-0.2, 0) is 16.6 Å². The molecule has 0 bridgehead atoms. The number of carbonyl (C=O) groups is 1. The largest absolute Gasteiger partial charge is 0.358 e. The van der Waals surface area contributed by atoms with Crippen LogP contribution in [-0.4, -0.2) is 14.2 Å². The monoisotopic (exact) mass is 414 g/mol. The van der Waals surface area contributed by atoms with Crippen molar-refractivity contribution in [2.75, 3.05) is 9.62 Å². The van der Waals surface area contributed by atoms with Crippen LogP contribution in [0.25, 0.3) is 0 Å². The van der Waals surface area contributed by atoms with Gasteiger partial charge < -0.3 is 5.32 Å². The van der Waals surface area contributed by atoms with Gasteiger partial charge in [0, 0.05) is 6.20 Å². The minimum Gasteiger partial charge on any atom is -0.358 e. The number of anilines is 2. The van der Waals surface area contributed by atoms with Gasteiger partial charge in [-0.3, -0.25) is 9.10 Å². The standard InChI is InChI=1S/C20H15FN2O3S2/c21-15-8-4-5-9-16(15)22-12-18-19(24)20-17(10-11-27-20)23(28(18,25)26)13-14-6-2-1-3-7-14/h1-12,22H,13H2. The van der Waals surface area contributed by atoms with Gasteiger partial charge in [0.25, 0.3) is 10.0 Å². The van der Waals surface area contributed by atoms with Gasteiger partial charge in [0.15, 0.2) is 4.91 Å². The number of fused-ring (bicyclic) bond motifs is 1. The molecule has 3 aromatic rings. The van der Waals surface area contributed by atoms with Crippen LogP contribution in [0.3, 0.4) is 0 Å². The van der Waals surface area contributed by atoms with Gasteiger partial charge in [-0.15, -0.1) is 11.3 Å². The molecule has 1 aliphatic rings. The molecule has 0 saturated carbocycles. The highest BCUT2D eigenvalue weighted by Gasteiger charge is 2.41. The molecule has 0 amide bonds. The first kappa shape index (κ1) is 18.4. The molecule has 4 rings (SSSR count). The molecule has 0 fully saturated rings. The number of benzene rings is 2. The lowest BCUT2D eigenvalue weighted by Crippen LogP contribution is -2.38. The molecule has 1 aliphatic heterocycles. The summed E-state index contributed by atoms with van der Waals surface area (Å²) < 4.78 is 41.5. The molecule has 0 aliphatic carbocycles. The summed E-state index contributed by atoms with van der Waals surface area (Å²) in [7, 11) is -4.11. The molecule has 0 radical (unpaired) electrons. The molecule has 0 unspecified atom stereocenters. The number of para-hydroxylation sites is 1. The maximum atomic E-state index is 13.9. The van der Waals surface area contributed by atoms with Gasteiger partial charge in [0.05, 0.1) is 17.9 Å². The molecule has 1 N–H and O–H groups in total. The van der Waals surface area contributed by atoms with E-state index in [9.17, 15) is 17.6 Å². The smallest absolute Gasteiger partial charge is 0.270 e. The highest BCUT2D eigenvalue weighted by atomic mass is 32.2. The van der Waals surface area contributed by atoms with Crippen molar-refractivity contribution in [1.82, 2.24) is 0 Å². The Morgan fingerprint density at radius 1 is 1.04 bits per heavy atom. The van der Waals surface area contributed by atoms with Crippen LogP contribution in [0.1, 0.15) is 15.2 Å². The third kappa shape index (κ3) is 3.21. The molecule has 142 valence electrons. The minimum absolute atomic E-state index is 0.0876. The van der Waals surface area contributed by atoms with Gasteiger partial charge in [-0.2, -0.15) is 0 Å². The molecular weight excluding hydrogens is 399 g/mol. The van der Waals surface area contributed by atoms with Gasteiger partial charge >= 0.3 is 0 Å². The summed E-state index contributed by atoms with van der Waals surface area (Å²) in [6.07, 6.45) is 1.07. The van der Waals surface area contributed by atoms with Crippen LogP contribution in [0.2, 0.25) is 0 Å². The van der Waals surface area contributed by atoms with Gasteiger partial charge in [-0.1, -0.05) is 42.5 Å². The highest BCUT2D eigenvalue weighted by molar-refractivity contribution is 7.97. The fourth-order valence-electron chi connectivity index (χ4n) is 2.93. The number of hydrogen-bond donors (Lipinski definition) is 1. The van der Waals surface area contributed by atoms with Crippen molar-refractivity contribution < 1.29 is 17.6 Å². The van der Waals surface area contributed by atoms with Crippen molar-refractivity contribution in [2.45, 2.75) is 6.54 Å². The van der Waals surface area contributed by atoms with E-state index < -0.39 is 26.5 Å². The zero-order valence-electron chi connectivity index (χ0n) is 14.5. The Hall–Kier alpha value is -2.97. The second-order valence-electron chi connectivity index (χ2n) is 6.09. The summed E-state index contributed by atoms with van der Waals surface area (Å²) in [5, 5.41) is 4.30. The van der Waals surface area contributed by atoms with Crippen LogP contribution in [0.15, 0.2) is 77.1 Å². The van der Waals surface area contributed by atoms with E-state index in [0.717, 1.165) is 11.8 Å². The number of nitrogens with one attached hydrogen (secondary N) is 1. The van der Waals surface area contributed by atoms with Crippen molar-refractivity contribution >= 4 is 38.5 Å². The predicted octanol–water partition coefficient (Wildman–Crippen LogP) is 4.37. The normalized spacial score (nSPS) is 16.8. The first-order valence-electron chi connectivity index (χ1n) is 8.38. The van der Waals surface area contributed by atoms with E-state index in [4.69, 9.17) is 0 Å². The van der Waals surface area contributed by atoms with Crippen molar-refractivity contribution in [3.63, 3.8) is 0 Å². The van der Waals surface area contributed by atoms with Crippen LogP contribution < -0.4 is 9.62 Å². The zero-order valence-corrected chi connectivity index (χ0v) is 16.1. The number of hydrogen-bond acceptors (Lipinski definition) is 5. The topological polar surface area (TPSA) is 66.5 Å². The summed E-state index contributed by atoms with van der Waals surface area (Å²) in [4.78, 5) is 12.7. The van der Waals surface area contributed by atoms with E-state index in [1.54, 1.807) is 17.5 Å². The van der Waals surface area contributed by atoms with Crippen LogP contribution in [0.4, 0.5) is 15.8 Å². The summed E-state index contributed by atoms with van der Waals surface area (Å²) in [5.74, 6) is -1.14. The Balaban J connectivity index is 1.77. The number of ketones is 1. The van der Waals surface area contributed by atoms with E-state index in [1.807, 2.05) is 30.3 Å². The number of Topliss-reactive ketones (excluding diaryl/α,β-unsaturated/α-hetero) is 1. The molecule has 1 aromatic heterocycles.